The number of rotatable bonds is 0. The van der Waals surface area contributed by atoms with Gasteiger partial charge < -0.3 is 27.4 Å². The van der Waals surface area contributed by atoms with Crippen LogP contribution in [0.1, 0.15) is 0 Å². The molecule has 0 radical (unpaired) electrons. The minimum absolute atomic E-state index is 0. The van der Waals surface area contributed by atoms with Crippen molar-refractivity contribution in [2.75, 3.05) is 0 Å². The van der Waals surface area contributed by atoms with Crippen LogP contribution in [0.15, 0.2) is 0 Å². The Morgan fingerprint density at radius 2 is 0.833 bits per heavy atom. The van der Waals surface area contributed by atoms with Gasteiger partial charge in [-0.1, -0.05) is 0 Å². The van der Waals surface area contributed by atoms with E-state index in [0.717, 1.165) is 0 Å². The maximum absolute atomic E-state index is 8.72. The minimum atomic E-state index is -5.62. The Bertz CT molecular complexity index is 58.7. The van der Waals surface area contributed by atoms with Crippen molar-refractivity contribution in [3.8, 4) is 0 Å². The van der Waals surface area contributed by atoms with E-state index in [-0.39, 0.29) is 86.5 Å². The molecule has 0 heterocycles. The van der Waals surface area contributed by atoms with Crippen LogP contribution in [-0.2, 0) is 3.74 Å². The Morgan fingerprint density at radius 1 is 0.833 bits per heavy atom. The molecule has 0 aliphatic rings. The average molecular weight is 276 g/mol. The summed E-state index contributed by atoms with van der Waals surface area (Å²) < 4.78 is 33.2. The van der Waals surface area contributed by atoms with Crippen LogP contribution in [0.3, 0.4) is 0 Å². The topological polar surface area (TPSA) is 241 Å². The van der Waals surface area contributed by atoms with Gasteiger partial charge in [0.05, 0.1) is 0 Å². The molecule has 0 aromatic rings. The first-order valence-corrected chi connectivity index (χ1v) is 3.89. The summed E-state index contributed by atoms with van der Waals surface area (Å²) in [5.41, 5.74) is 0. The average Bonchev–Trinajstić information content (AvgIpc) is 0.722. The molecule has 0 saturated carbocycles. The van der Waals surface area contributed by atoms with E-state index in [4.69, 9.17) is 16.0 Å². The van der Waals surface area contributed by atoms with Gasteiger partial charge in [0, 0.05) is 0 Å². The fourth-order valence-corrected chi connectivity index (χ4v) is 0. The largest absolute Gasteiger partial charge is 1.00 e. The van der Waals surface area contributed by atoms with E-state index in [1.807, 2.05) is 0 Å². The molecule has 12 heteroatoms. The van der Waals surface area contributed by atoms with E-state index < -0.39 is 14.5 Å². The summed E-state index contributed by atoms with van der Waals surface area (Å²) in [7, 11) is 0. The van der Waals surface area contributed by atoms with Crippen molar-refractivity contribution in [2.24, 2.45) is 0 Å². The van der Waals surface area contributed by atoms with Crippen molar-refractivity contribution in [3.63, 3.8) is 0 Å². The second-order valence-electron chi connectivity index (χ2n) is 0.469. The first kappa shape index (κ1) is 65.5. The minimum Gasteiger partial charge on any atom is 1.00 e. The molecule has 0 spiro atoms. The van der Waals surface area contributed by atoms with E-state index in [0.29, 0.717) is 0 Å². The van der Waals surface area contributed by atoms with Crippen LogP contribution in [0.2, 0.25) is 0 Å². The summed E-state index contributed by atoms with van der Waals surface area (Å²) in [5, 5.41) is 0. The Kier molecular flexibility index (Phi) is 160. The molecule has 11 N–H and O–H groups in total. The molecule has 12 heavy (non-hydrogen) atoms. The second kappa shape index (κ2) is 29.2. The smallest absolute Gasteiger partial charge is 1.00 e. The predicted molar refractivity (Wildman–Crippen MR) is 26.7 cm³/mol. The summed E-state index contributed by atoms with van der Waals surface area (Å²) in [4.78, 5) is 0. The van der Waals surface area contributed by atoms with Crippen molar-refractivity contribution in [1.82, 2.24) is 0 Å². The zero-order chi connectivity index (χ0) is 4.50. The summed E-state index contributed by atoms with van der Waals surface area (Å²) in [5.74, 6) is 0. The molecule has 72 valence electrons. The molecular formula is H11AsNa2O9. The monoisotopic (exact) mass is 276 g/mol. The zero-order valence-corrected chi connectivity index (χ0v) is 12.5. The van der Waals surface area contributed by atoms with Crippen LogP contribution in [-0.4, -0.2) is 46.0 Å². The van der Waals surface area contributed by atoms with Crippen LogP contribution >= 0.6 is 0 Å². The van der Waals surface area contributed by atoms with Gasteiger partial charge in [-0.2, -0.15) is 0 Å². The standard InChI is InChI=1S/AsH3O4.2Na.5H2O/c2-1(3,4)5;;;;;;;/h(H3,2,3,4,5);;;5*1H2/q;2*+1;;;;;/p-2. The Labute approximate surface area is 116 Å². The molecule has 0 aromatic heterocycles. The second-order valence-corrected chi connectivity index (χ2v) is 2.43. The van der Waals surface area contributed by atoms with E-state index in [2.05, 4.69) is 0 Å². The molecule has 0 fully saturated rings. The molecule has 0 unspecified atom stereocenters. The third-order valence-electron chi connectivity index (χ3n) is 0. The van der Waals surface area contributed by atoms with E-state index in [1.54, 1.807) is 0 Å². The van der Waals surface area contributed by atoms with Gasteiger partial charge in [-0.25, -0.2) is 0 Å². The first-order valence-electron chi connectivity index (χ1n) is 0.748. The molecule has 0 bridgehead atoms. The summed E-state index contributed by atoms with van der Waals surface area (Å²) in [6, 6.07) is 0. The summed E-state index contributed by atoms with van der Waals surface area (Å²) in [6.45, 7) is 0. The molecule has 0 aromatic carbocycles. The van der Waals surface area contributed by atoms with E-state index in [1.165, 1.54) is 0 Å². The maximum Gasteiger partial charge on any atom is 1.00 e. The first-order chi connectivity index (χ1) is 2.00. The molecule has 0 amide bonds. The SMILES string of the molecule is O.O.O.O.O.O=[As]([O-])([O-])O.[Na+].[Na+]. The van der Waals surface area contributed by atoms with E-state index >= 15 is 0 Å². The fourth-order valence-electron chi connectivity index (χ4n) is 0. The van der Waals surface area contributed by atoms with Gasteiger partial charge in [-0.3, -0.25) is 0 Å². The van der Waals surface area contributed by atoms with Gasteiger partial charge in [0.2, 0.25) is 0 Å². The van der Waals surface area contributed by atoms with Gasteiger partial charge in [-0.05, 0) is 0 Å². The van der Waals surface area contributed by atoms with Crippen LogP contribution in [0.25, 0.3) is 0 Å². The quantitative estimate of drug-likeness (QED) is 0.423. The predicted octanol–water partition coefficient (Wildman–Crippen LogP) is -13.6. The van der Waals surface area contributed by atoms with Crippen LogP contribution in [0.5, 0.6) is 0 Å². The van der Waals surface area contributed by atoms with Gasteiger partial charge in [0.1, 0.15) is 0 Å². The van der Waals surface area contributed by atoms with Crippen molar-refractivity contribution >= 4 is 14.5 Å². The van der Waals surface area contributed by atoms with Gasteiger partial charge >= 0.3 is 89.7 Å². The van der Waals surface area contributed by atoms with Crippen molar-refractivity contribution in [3.05, 3.63) is 0 Å². The molecule has 0 atom stereocenters. The molecular weight excluding hydrogens is 265 g/mol. The van der Waals surface area contributed by atoms with Crippen LogP contribution in [0, 0.1) is 0 Å². The molecule has 0 aliphatic heterocycles. The van der Waals surface area contributed by atoms with Gasteiger partial charge in [0.25, 0.3) is 0 Å². The summed E-state index contributed by atoms with van der Waals surface area (Å²) in [6.07, 6.45) is 0. The molecule has 0 aliphatic carbocycles. The van der Waals surface area contributed by atoms with Crippen LogP contribution in [0.4, 0.5) is 0 Å². The Hall–Kier alpha value is 2.04. The molecule has 0 saturated heterocycles. The van der Waals surface area contributed by atoms with Gasteiger partial charge in [0.15, 0.2) is 0 Å². The number of hydrogen-bond donors (Lipinski definition) is 1. The maximum atomic E-state index is 8.72. The van der Waals surface area contributed by atoms with Crippen molar-refractivity contribution in [2.45, 2.75) is 0 Å². The third kappa shape index (κ3) is 353. The Morgan fingerprint density at radius 3 is 0.833 bits per heavy atom. The molecule has 0 rings (SSSR count). The van der Waals surface area contributed by atoms with Gasteiger partial charge in [-0.15, -0.1) is 0 Å². The zero-order valence-electron chi connectivity index (χ0n) is 6.62. The summed E-state index contributed by atoms with van der Waals surface area (Å²) >= 11 is -5.62. The van der Waals surface area contributed by atoms with Crippen LogP contribution < -0.4 is 67.3 Å². The van der Waals surface area contributed by atoms with Crippen molar-refractivity contribution in [1.29, 1.82) is 0 Å². The van der Waals surface area contributed by atoms with Crippen molar-refractivity contribution < 1.29 is 103 Å². The van der Waals surface area contributed by atoms with E-state index in [9.17, 15) is 0 Å². The fraction of sp³-hybridized carbons (Fsp3) is 0. The number of hydrogen-bond acceptors (Lipinski definition) is 3. The Balaban J connectivity index is -0.00000000381. The normalized spacial score (nSPS) is 4.92. The third-order valence-corrected chi connectivity index (χ3v) is 0. The molecule has 9 nitrogen and oxygen atoms in total.